The summed E-state index contributed by atoms with van der Waals surface area (Å²) in [7, 11) is -3.51. The number of nitrogens with one attached hydrogen (secondary N) is 1. The fourth-order valence-corrected chi connectivity index (χ4v) is 4.19. The van der Waals surface area contributed by atoms with Gasteiger partial charge in [-0.1, -0.05) is 31.9 Å². The summed E-state index contributed by atoms with van der Waals surface area (Å²) in [5.41, 5.74) is 0.618. The third-order valence-corrected chi connectivity index (χ3v) is 5.75. The molecule has 21 heavy (non-hydrogen) atoms. The van der Waals surface area contributed by atoms with Crippen LogP contribution >= 0.6 is 0 Å². The standard InChI is InChI=1S/C16H25NO3S/c1-12-5-3-7-15(10-9-12)17-21(19,20)16-8-4-6-14(11-16)13(2)18/h4,6,8,11-13,15,17-18H,3,5,7,9-10H2,1-2H3. The Morgan fingerprint density at radius 1 is 1.24 bits per heavy atom. The van der Waals surface area contributed by atoms with Crippen molar-refractivity contribution in [3.05, 3.63) is 29.8 Å². The quantitative estimate of drug-likeness (QED) is 0.840. The van der Waals surface area contributed by atoms with Crippen LogP contribution in [0.5, 0.6) is 0 Å². The molecule has 2 N–H and O–H groups in total. The van der Waals surface area contributed by atoms with Crippen molar-refractivity contribution in [1.82, 2.24) is 4.72 Å². The second-order valence-electron chi connectivity index (χ2n) is 6.18. The van der Waals surface area contributed by atoms with E-state index in [1.165, 1.54) is 6.42 Å². The maximum atomic E-state index is 12.5. The van der Waals surface area contributed by atoms with Gasteiger partial charge >= 0.3 is 0 Å². The predicted molar refractivity (Wildman–Crippen MR) is 83.4 cm³/mol. The van der Waals surface area contributed by atoms with Gasteiger partial charge in [0, 0.05) is 6.04 Å². The Hall–Kier alpha value is -0.910. The SMILES string of the molecule is CC1CCCC(NS(=O)(=O)c2cccc(C(C)O)c2)CC1. The average Bonchev–Trinajstić information content (AvgIpc) is 2.63. The van der Waals surface area contributed by atoms with Crippen LogP contribution in [0.4, 0.5) is 0 Å². The van der Waals surface area contributed by atoms with E-state index in [2.05, 4.69) is 11.6 Å². The van der Waals surface area contributed by atoms with E-state index < -0.39 is 16.1 Å². The molecule has 1 aliphatic carbocycles. The van der Waals surface area contributed by atoms with Gasteiger partial charge in [0.05, 0.1) is 11.0 Å². The molecule has 1 saturated carbocycles. The molecule has 0 aromatic heterocycles. The molecule has 1 aromatic carbocycles. The number of sulfonamides is 1. The van der Waals surface area contributed by atoms with Crippen LogP contribution in [0.2, 0.25) is 0 Å². The van der Waals surface area contributed by atoms with Crippen LogP contribution in [0, 0.1) is 5.92 Å². The Bertz CT molecular complexity index is 569. The minimum atomic E-state index is -3.51. The van der Waals surface area contributed by atoms with Crippen molar-refractivity contribution in [1.29, 1.82) is 0 Å². The van der Waals surface area contributed by atoms with Gasteiger partial charge in [-0.15, -0.1) is 0 Å². The van der Waals surface area contributed by atoms with Gasteiger partial charge in [-0.3, -0.25) is 0 Å². The highest BCUT2D eigenvalue weighted by Gasteiger charge is 2.23. The van der Waals surface area contributed by atoms with Crippen LogP contribution in [0.15, 0.2) is 29.2 Å². The molecule has 2 rings (SSSR count). The molecule has 1 fully saturated rings. The number of aliphatic hydroxyl groups excluding tert-OH is 1. The van der Waals surface area contributed by atoms with E-state index in [0.717, 1.165) is 25.7 Å². The summed E-state index contributed by atoms with van der Waals surface area (Å²) in [4.78, 5) is 0.234. The second-order valence-corrected chi connectivity index (χ2v) is 7.89. The maximum absolute atomic E-state index is 12.5. The van der Waals surface area contributed by atoms with Gasteiger partial charge in [-0.05, 0) is 49.8 Å². The predicted octanol–water partition coefficient (Wildman–Crippen LogP) is 2.99. The summed E-state index contributed by atoms with van der Waals surface area (Å²) >= 11 is 0. The summed E-state index contributed by atoms with van der Waals surface area (Å²) in [5.74, 6) is 0.679. The van der Waals surface area contributed by atoms with Crippen LogP contribution in [0.1, 0.15) is 57.6 Å². The molecule has 118 valence electrons. The first-order chi connectivity index (χ1) is 9.88. The third kappa shape index (κ3) is 4.53. The second kappa shape index (κ2) is 6.90. The zero-order chi connectivity index (χ0) is 15.5. The molecule has 3 unspecified atom stereocenters. The van der Waals surface area contributed by atoms with Crippen molar-refractivity contribution in [2.75, 3.05) is 0 Å². The van der Waals surface area contributed by atoms with Crippen LogP contribution in [-0.4, -0.2) is 19.6 Å². The molecule has 0 saturated heterocycles. The van der Waals surface area contributed by atoms with Crippen molar-refractivity contribution in [2.24, 2.45) is 5.92 Å². The van der Waals surface area contributed by atoms with E-state index in [4.69, 9.17) is 0 Å². The molecular weight excluding hydrogens is 286 g/mol. The highest BCUT2D eigenvalue weighted by Crippen LogP contribution is 2.24. The Balaban J connectivity index is 2.12. The largest absolute Gasteiger partial charge is 0.389 e. The lowest BCUT2D eigenvalue weighted by molar-refractivity contribution is 0.199. The zero-order valence-electron chi connectivity index (χ0n) is 12.7. The van der Waals surface area contributed by atoms with Gasteiger partial charge in [-0.2, -0.15) is 0 Å². The molecule has 4 nitrogen and oxygen atoms in total. The molecule has 1 aromatic rings. The first kappa shape index (κ1) is 16.5. The van der Waals surface area contributed by atoms with Crippen LogP contribution in [-0.2, 0) is 10.0 Å². The molecule has 3 atom stereocenters. The number of rotatable bonds is 4. The van der Waals surface area contributed by atoms with E-state index in [0.29, 0.717) is 11.5 Å². The first-order valence-electron chi connectivity index (χ1n) is 7.69. The molecular formula is C16H25NO3S. The van der Waals surface area contributed by atoms with Gasteiger partial charge < -0.3 is 5.11 Å². The van der Waals surface area contributed by atoms with Crippen molar-refractivity contribution in [3.8, 4) is 0 Å². The van der Waals surface area contributed by atoms with Gasteiger partial charge in [0.2, 0.25) is 10.0 Å². The van der Waals surface area contributed by atoms with E-state index in [1.54, 1.807) is 31.2 Å². The van der Waals surface area contributed by atoms with Crippen molar-refractivity contribution >= 4 is 10.0 Å². The van der Waals surface area contributed by atoms with Gasteiger partial charge in [0.15, 0.2) is 0 Å². The highest BCUT2D eigenvalue weighted by molar-refractivity contribution is 7.89. The van der Waals surface area contributed by atoms with E-state index in [9.17, 15) is 13.5 Å². The highest BCUT2D eigenvalue weighted by atomic mass is 32.2. The van der Waals surface area contributed by atoms with E-state index >= 15 is 0 Å². The first-order valence-corrected chi connectivity index (χ1v) is 9.17. The number of hydrogen-bond donors (Lipinski definition) is 2. The topological polar surface area (TPSA) is 66.4 Å². The molecule has 0 amide bonds. The molecule has 0 heterocycles. The lowest BCUT2D eigenvalue weighted by Crippen LogP contribution is -2.34. The zero-order valence-corrected chi connectivity index (χ0v) is 13.6. The summed E-state index contributed by atoms with van der Waals surface area (Å²) in [6.07, 6.45) is 4.45. The Kier molecular flexibility index (Phi) is 5.41. The van der Waals surface area contributed by atoms with E-state index in [1.807, 2.05) is 0 Å². The lowest BCUT2D eigenvalue weighted by Gasteiger charge is -2.17. The Morgan fingerprint density at radius 2 is 2.00 bits per heavy atom. The monoisotopic (exact) mass is 311 g/mol. The van der Waals surface area contributed by atoms with Crippen LogP contribution in [0.25, 0.3) is 0 Å². The molecule has 0 aliphatic heterocycles. The van der Waals surface area contributed by atoms with Gasteiger partial charge in [0.1, 0.15) is 0 Å². The van der Waals surface area contributed by atoms with Crippen LogP contribution < -0.4 is 4.72 Å². The summed E-state index contributed by atoms with van der Waals surface area (Å²) in [6.45, 7) is 3.86. The number of benzene rings is 1. The summed E-state index contributed by atoms with van der Waals surface area (Å²) < 4.78 is 27.8. The Labute approximate surface area is 127 Å². The molecule has 0 spiro atoms. The molecule has 5 heteroatoms. The smallest absolute Gasteiger partial charge is 0.240 e. The Morgan fingerprint density at radius 3 is 2.71 bits per heavy atom. The van der Waals surface area contributed by atoms with Gasteiger partial charge in [-0.25, -0.2) is 13.1 Å². The summed E-state index contributed by atoms with van der Waals surface area (Å²) in [5, 5.41) is 9.59. The van der Waals surface area contributed by atoms with Gasteiger partial charge in [0.25, 0.3) is 0 Å². The van der Waals surface area contributed by atoms with Crippen LogP contribution in [0.3, 0.4) is 0 Å². The van der Waals surface area contributed by atoms with Crippen molar-refractivity contribution in [2.45, 2.75) is 63.0 Å². The van der Waals surface area contributed by atoms with Crippen molar-refractivity contribution < 1.29 is 13.5 Å². The lowest BCUT2D eigenvalue weighted by atomic mass is 10.0. The van der Waals surface area contributed by atoms with Crippen molar-refractivity contribution in [3.63, 3.8) is 0 Å². The minimum Gasteiger partial charge on any atom is -0.389 e. The fraction of sp³-hybridized carbons (Fsp3) is 0.625. The molecule has 0 radical (unpaired) electrons. The van der Waals surface area contributed by atoms with E-state index in [-0.39, 0.29) is 10.9 Å². The summed E-state index contributed by atoms with van der Waals surface area (Å²) in [6, 6.07) is 6.55. The number of aliphatic hydroxyl groups is 1. The fourth-order valence-electron chi connectivity index (χ4n) is 2.83. The maximum Gasteiger partial charge on any atom is 0.240 e. The average molecular weight is 311 g/mol. The minimum absolute atomic E-state index is 0.0233. The molecule has 1 aliphatic rings. The third-order valence-electron chi connectivity index (χ3n) is 4.23. The molecule has 0 bridgehead atoms. The normalized spacial score (nSPS) is 25.3. The number of hydrogen-bond acceptors (Lipinski definition) is 3.